The van der Waals surface area contributed by atoms with Crippen molar-refractivity contribution >= 4 is 35.8 Å². The smallest absolute Gasteiger partial charge is 0.338 e. The highest BCUT2D eigenvalue weighted by molar-refractivity contribution is 5.92. The van der Waals surface area contributed by atoms with Crippen molar-refractivity contribution in [3.63, 3.8) is 0 Å². The zero-order valence-corrected chi connectivity index (χ0v) is 37.1. The third kappa shape index (κ3) is 10.4. The van der Waals surface area contributed by atoms with E-state index in [9.17, 15) is 28.8 Å². The number of carbonyl (C=O) groups is 6. The number of esters is 6. The third-order valence-corrected chi connectivity index (χ3v) is 11.7. The van der Waals surface area contributed by atoms with Crippen LogP contribution in [0.15, 0.2) is 182 Å². The topological polar surface area (TPSA) is 195 Å². The molecule has 356 valence electrons. The molecule has 3 fully saturated rings. The summed E-state index contributed by atoms with van der Waals surface area (Å²) in [4.78, 5) is 83.3. The van der Waals surface area contributed by atoms with Gasteiger partial charge in [0.25, 0.3) is 0 Å². The quantitative estimate of drug-likeness (QED) is 0.0913. The molecule has 0 bridgehead atoms. The Morgan fingerprint density at radius 3 is 0.786 bits per heavy atom. The molecule has 3 saturated heterocycles. The van der Waals surface area contributed by atoms with Crippen molar-refractivity contribution in [2.24, 2.45) is 0 Å². The summed E-state index contributed by atoms with van der Waals surface area (Å²) in [6.45, 7) is -2.37. The fourth-order valence-electron chi connectivity index (χ4n) is 8.11. The van der Waals surface area contributed by atoms with Gasteiger partial charge in [-0.25, -0.2) is 28.8 Å². The van der Waals surface area contributed by atoms with E-state index in [1.165, 1.54) is 72.8 Å². The lowest BCUT2D eigenvalue weighted by atomic mass is 9.92. The molecule has 0 aliphatic carbocycles. The Morgan fingerprint density at radius 2 is 0.543 bits per heavy atom. The standard InChI is InChI=1S/C54H44O16/c55-47(35-19-7-1-8-20-35)65-41-31-61-53(45(69-51(59)39-27-15-5-16-28-39)43(41)67-49(57)37-23-11-3-12-24-37)33-64-54(34-63-53)46(70-52(60)40-29-17-6-18-30-40)44(68-50(58)38-25-13-4-14-26-38)42(32-62-54)66-48(56)36-21-9-2-10-22-36/h1-30,41-46H,31-34H2/t41-,42-,43-,44-,45+,46+,53+,54+/m1/s1. The molecular weight excluding hydrogens is 905 g/mol. The van der Waals surface area contributed by atoms with Crippen LogP contribution in [0.3, 0.4) is 0 Å². The van der Waals surface area contributed by atoms with Crippen LogP contribution in [0, 0.1) is 0 Å². The van der Waals surface area contributed by atoms with Crippen molar-refractivity contribution in [3.8, 4) is 0 Å². The van der Waals surface area contributed by atoms with Crippen LogP contribution in [0.25, 0.3) is 0 Å². The van der Waals surface area contributed by atoms with Gasteiger partial charge in [-0.1, -0.05) is 109 Å². The van der Waals surface area contributed by atoms with Crippen molar-refractivity contribution in [2.75, 3.05) is 26.4 Å². The Labute approximate surface area is 400 Å². The molecule has 0 unspecified atom stereocenters. The van der Waals surface area contributed by atoms with Crippen LogP contribution >= 0.6 is 0 Å². The maximum Gasteiger partial charge on any atom is 0.338 e. The van der Waals surface area contributed by atoms with Gasteiger partial charge in [-0.3, -0.25) is 0 Å². The van der Waals surface area contributed by atoms with Gasteiger partial charge in [-0.05, 0) is 72.8 Å². The first kappa shape index (κ1) is 47.1. The largest absolute Gasteiger partial charge is 0.452 e. The minimum Gasteiger partial charge on any atom is -0.452 e. The van der Waals surface area contributed by atoms with E-state index in [4.69, 9.17) is 47.4 Å². The Kier molecular flexibility index (Phi) is 14.2. The zero-order chi connectivity index (χ0) is 48.5. The molecule has 2 spiro atoms. The molecule has 9 rings (SSSR count). The molecule has 8 atom stereocenters. The molecule has 16 nitrogen and oxygen atoms in total. The summed E-state index contributed by atoms with van der Waals surface area (Å²) in [6, 6.07) is 48.0. The SMILES string of the molecule is O=C(O[C@@H]1[C@H](OC(=O)c2ccccc2)CO[C@]2(CO[C@]3(CO2)OC[C@@H](OC(=O)c2ccccc2)[C@@H](OC(=O)c2ccccc2)[C@@H]3OC(=O)c2ccccc2)[C@H]1OC(=O)c1ccccc1)c1ccccc1. The number of benzene rings is 6. The molecule has 0 aromatic heterocycles. The maximum atomic E-state index is 14.1. The maximum absolute atomic E-state index is 14.1. The lowest BCUT2D eigenvalue weighted by Crippen LogP contribution is -2.74. The van der Waals surface area contributed by atoms with Crippen LogP contribution in [-0.2, 0) is 47.4 Å². The third-order valence-electron chi connectivity index (χ3n) is 11.7. The first-order chi connectivity index (χ1) is 34.1. The van der Waals surface area contributed by atoms with Gasteiger partial charge in [0.05, 0.1) is 46.6 Å². The minimum absolute atomic E-state index is 0.102. The average Bonchev–Trinajstić information content (AvgIpc) is 3.41. The van der Waals surface area contributed by atoms with Crippen LogP contribution in [0.2, 0.25) is 0 Å². The number of rotatable bonds is 12. The van der Waals surface area contributed by atoms with Crippen LogP contribution in [0.5, 0.6) is 0 Å². The first-order valence-corrected chi connectivity index (χ1v) is 22.2. The summed E-state index contributed by atoms with van der Waals surface area (Å²) in [5.74, 6) is -9.41. The average molecular weight is 949 g/mol. The predicted molar refractivity (Wildman–Crippen MR) is 243 cm³/mol. The lowest BCUT2D eigenvalue weighted by Gasteiger charge is -2.55. The number of hydrogen-bond donors (Lipinski definition) is 0. The Balaban J connectivity index is 1.09. The second-order valence-electron chi connectivity index (χ2n) is 16.3. The van der Waals surface area contributed by atoms with Gasteiger partial charge in [0.2, 0.25) is 11.6 Å². The highest BCUT2D eigenvalue weighted by atomic mass is 16.8. The summed E-state index contributed by atoms with van der Waals surface area (Å²) < 4.78 is 62.6. The van der Waals surface area contributed by atoms with E-state index < -0.39 is 110 Å². The van der Waals surface area contributed by atoms with Crippen LogP contribution in [-0.4, -0.2) is 110 Å². The van der Waals surface area contributed by atoms with Crippen molar-refractivity contribution in [2.45, 2.75) is 48.2 Å². The molecule has 6 aromatic carbocycles. The lowest BCUT2D eigenvalue weighted by molar-refractivity contribution is -0.448. The van der Waals surface area contributed by atoms with E-state index in [1.807, 2.05) is 0 Å². The van der Waals surface area contributed by atoms with Crippen LogP contribution < -0.4 is 0 Å². The number of hydrogen-bond acceptors (Lipinski definition) is 16. The molecule has 3 heterocycles. The number of carbonyl (C=O) groups excluding carboxylic acids is 6. The molecule has 0 N–H and O–H groups in total. The van der Waals surface area contributed by atoms with Crippen molar-refractivity contribution < 1.29 is 76.1 Å². The van der Waals surface area contributed by atoms with Gasteiger partial charge in [0.1, 0.15) is 13.2 Å². The van der Waals surface area contributed by atoms with Gasteiger partial charge in [0.15, 0.2) is 36.6 Å². The molecular formula is C54H44O16. The van der Waals surface area contributed by atoms with Gasteiger partial charge in [-0.2, -0.15) is 0 Å². The van der Waals surface area contributed by atoms with E-state index in [-0.39, 0.29) is 33.4 Å². The van der Waals surface area contributed by atoms with Crippen LogP contribution in [0.1, 0.15) is 62.1 Å². The summed E-state index contributed by atoms with van der Waals surface area (Å²) in [5, 5.41) is 0. The summed E-state index contributed by atoms with van der Waals surface area (Å²) in [7, 11) is 0. The van der Waals surface area contributed by atoms with E-state index in [0.29, 0.717) is 0 Å². The fraction of sp³-hybridized carbons (Fsp3) is 0.222. The molecule has 6 aromatic rings. The fourth-order valence-corrected chi connectivity index (χ4v) is 8.11. The Hall–Kier alpha value is -8.02. The second kappa shape index (κ2) is 21.1. The summed E-state index contributed by atoms with van der Waals surface area (Å²) in [5.41, 5.74) is 0.806. The van der Waals surface area contributed by atoms with E-state index >= 15 is 0 Å². The molecule has 0 saturated carbocycles. The van der Waals surface area contributed by atoms with Crippen molar-refractivity contribution in [3.05, 3.63) is 215 Å². The van der Waals surface area contributed by atoms with E-state index in [2.05, 4.69) is 0 Å². The highest BCUT2D eigenvalue weighted by Crippen LogP contribution is 2.44. The zero-order valence-electron chi connectivity index (χ0n) is 37.1. The van der Waals surface area contributed by atoms with Gasteiger partial charge in [0, 0.05) is 0 Å². The van der Waals surface area contributed by atoms with Gasteiger partial charge >= 0.3 is 35.8 Å². The monoisotopic (exact) mass is 948 g/mol. The molecule has 0 amide bonds. The second-order valence-corrected chi connectivity index (χ2v) is 16.3. The Morgan fingerprint density at radius 1 is 0.314 bits per heavy atom. The summed E-state index contributed by atoms with van der Waals surface area (Å²) >= 11 is 0. The van der Waals surface area contributed by atoms with Crippen molar-refractivity contribution in [1.82, 2.24) is 0 Å². The van der Waals surface area contributed by atoms with E-state index in [0.717, 1.165) is 0 Å². The van der Waals surface area contributed by atoms with E-state index in [1.54, 1.807) is 109 Å². The molecule has 16 heteroatoms. The highest BCUT2D eigenvalue weighted by Gasteiger charge is 2.66. The minimum atomic E-state index is -2.16. The summed E-state index contributed by atoms with van der Waals surface area (Å²) in [6.07, 6.45) is -9.50. The molecule has 3 aliphatic heterocycles. The Bertz CT molecular complexity index is 2580. The van der Waals surface area contributed by atoms with Gasteiger partial charge < -0.3 is 47.4 Å². The van der Waals surface area contributed by atoms with Gasteiger partial charge in [-0.15, -0.1) is 0 Å². The predicted octanol–water partition coefficient (Wildman–Crippen LogP) is 6.84. The number of ether oxygens (including phenoxy) is 10. The molecule has 0 radical (unpaired) electrons. The van der Waals surface area contributed by atoms with Crippen molar-refractivity contribution in [1.29, 1.82) is 0 Å². The first-order valence-electron chi connectivity index (χ1n) is 22.2. The molecule has 70 heavy (non-hydrogen) atoms. The normalized spacial score (nSPS) is 24.9. The van der Waals surface area contributed by atoms with Crippen LogP contribution in [0.4, 0.5) is 0 Å². The molecule has 3 aliphatic rings.